The van der Waals surface area contributed by atoms with Gasteiger partial charge < -0.3 is 0 Å². The van der Waals surface area contributed by atoms with Crippen LogP contribution in [0.25, 0.3) is 11.1 Å². The second-order valence-corrected chi connectivity index (χ2v) is 13.1. The normalized spacial score (nSPS) is 20.0. The summed E-state index contributed by atoms with van der Waals surface area (Å²) in [5.74, 6) is 2.01. The highest BCUT2D eigenvalue weighted by Gasteiger charge is 2.49. The molecule has 2 unspecified atom stereocenters. The predicted octanol–water partition coefficient (Wildman–Crippen LogP) is 6.90. The first kappa shape index (κ1) is 23.6. The molecule has 0 N–H and O–H groups in total. The lowest BCUT2D eigenvalue weighted by atomic mass is 10.0. The molecule has 2 heterocycles. The molecule has 0 fully saturated rings. The van der Waals surface area contributed by atoms with E-state index in [0.29, 0.717) is 0 Å². The zero-order chi connectivity index (χ0) is 24.8. The van der Waals surface area contributed by atoms with Crippen LogP contribution >= 0.6 is 15.8 Å². The van der Waals surface area contributed by atoms with E-state index in [1.54, 1.807) is 0 Å². The molecular weight excluding hydrogens is 482 g/mol. The quantitative estimate of drug-likeness (QED) is 0.320. The van der Waals surface area contributed by atoms with Crippen LogP contribution in [-0.4, -0.2) is 21.6 Å². The first-order valence-electron chi connectivity index (χ1n) is 12.7. The van der Waals surface area contributed by atoms with Crippen molar-refractivity contribution in [1.82, 2.24) is 9.56 Å². The van der Waals surface area contributed by atoms with Crippen LogP contribution in [0.4, 0.5) is 0 Å². The van der Waals surface area contributed by atoms with Crippen molar-refractivity contribution in [3.63, 3.8) is 0 Å². The zero-order valence-corrected chi connectivity index (χ0v) is 23.0. The maximum atomic E-state index is 6.90. The Labute approximate surface area is 214 Å². The van der Waals surface area contributed by atoms with Crippen molar-refractivity contribution in [3.8, 4) is 0 Å². The van der Waals surface area contributed by atoms with Crippen molar-refractivity contribution in [3.05, 3.63) is 117 Å². The van der Waals surface area contributed by atoms with Gasteiger partial charge in [-0.3, -0.25) is 9.05 Å². The second-order valence-electron chi connectivity index (χ2n) is 9.87. The summed E-state index contributed by atoms with van der Waals surface area (Å²) in [4.78, 5) is 2.56. The Morgan fingerprint density at radius 3 is 1.47 bits per heavy atom. The van der Waals surface area contributed by atoms with Gasteiger partial charge in [0, 0.05) is 31.1 Å². The third kappa shape index (κ3) is 3.94. The summed E-state index contributed by atoms with van der Waals surface area (Å²) < 4.78 is 18.8. The van der Waals surface area contributed by atoms with E-state index in [-0.39, 0.29) is 12.1 Å². The lowest BCUT2D eigenvalue weighted by Crippen LogP contribution is -2.43. The standard InChI is InChI=1S/C30H32N2O2P2/c1-21(2)31(35-29-19-11-7-15-25(29)23-13-5-9-17-27(23)33-35)32(22(3)4)36-30-20-12-8-16-26(30)24-14-6-10-18-28(24)34-36/h5-12,15-22H,13-14H2,1-4H3/q+2. The number of hydrogen-bond acceptors (Lipinski definition) is 4. The maximum absolute atomic E-state index is 6.90. The number of hydrazine groups is 1. The minimum Gasteiger partial charge on any atom is -0.268 e. The van der Waals surface area contributed by atoms with E-state index in [9.17, 15) is 0 Å². The molecule has 0 saturated carbocycles. The van der Waals surface area contributed by atoms with Crippen LogP contribution in [-0.2, 0) is 9.05 Å². The van der Waals surface area contributed by atoms with Crippen LogP contribution in [0.1, 0.15) is 40.5 Å². The molecule has 36 heavy (non-hydrogen) atoms. The number of rotatable bonds is 5. The summed E-state index contributed by atoms with van der Waals surface area (Å²) in [6, 6.07) is 18.0. The highest BCUT2D eigenvalue weighted by molar-refractivity contribution is 7.45. The fraction of sp³-hybridized carbons (Fsp3) is 0.267. The van der Waals surface area contributed by atoms with Crippen LogP contribution in [0.2, 0.25) is 0 Å². The third-order valence-electron chi connectivity index (χ3n) is 6.75. The van der Waals surface area contributed by atoms with E-state index in [2.05, 4.69) is 122 Å². The molecule has 0 aromatic heterocycles. The summed E-state index contributed by atoms with van der Waals surface area (Å²) in [5, 5.41) is 2.63. The van der Waals surface area contributed by atoms with E-state index in [4.69, 9.17) is 9.05 Å². The van der Waals surface area contributed by atoms with Crippen molar-refractivity contribution in [1.29, 1.82) is 0 Å². The topological polar surface area (TPSA) is 24.9 Å². The largest absolute Gasteiger partial charge is 0.431 e. The van der Waals surface area contributed by atoms with Gasteiger partial charge in [-0.05, 0) is 77.0 Å². The number of benzene rings is 2. The third-order valence-corrected chi connectivity index (χ3v) is 11.3. The number of fused-ring (bicyclic) bond motifs is 4. The monoisotopic (exact) mass is 514 g/mol. The molecule has 6 rings (SSSR count). The molecule has 2 aromatic carbocycles. The molecule has 0 bridgehead atoms. The molecule has 6 heteroatoms. The Balaban J connectivity index is 1.63. The van der Waals surface area contributed by atoms with Gasteiger partial charge >= 0.3 is 15.8 Å². The van der Waals surface area contributed by atoms with E-state index >= 15 is 0 Å². The average Bonchev–Trinajstić information content (AvgIpc) is 2.90. The summed E-state index contributed by atoms with van der Waals surface area (Å²) in [5.41, 5.74) is 2.57. The van der Waals surface area contributed by atoms with Crippen molar-refractivity contribution in [2.45, 2.75) is 52.6 Å². The Hall–Kier alpha value is -2.74. The van der Waals surface area contributed by atoms with Crippen LogP contribution in [0.3, 0.4) is 0 Å². The van der Waals surface area contributed by atoms with Gasteiger partial charge in [-0.25, -0.2) is 0 Å². The molecule has 0 amide bonds. The van der Waals surface area contributed by atoms with Crippen LogP contribution in [0.5, 0.6) is 0 Å². The molecule has 182 valence electrons. The average molecular weight is 515 g/mol. The molecule has 4 aliphatic rings. The van der Waals surface area contributed by atoms with Crippen LogP contribution in [0.15, 0.2) is 96.5 Å². The highest BCUT2D eigenvalue weighted by atomic mass is 31.1. The Morgan fingerprint density at radius 2 is 1.06 bits per heavy atom. The predicted molar refractivity (Wildman–Crippen MR) is 150 cm³/mol. The fourth-order valence-corrected chi connectivity index (χ4v) is 9.98. The van der Waals surface area contributed by atoms with Crippen molar-refractivity contribution >= 4 is 27.0 Å². The van der Waals surface area contributed by atoms with Crippen molar-refractivity contribution in [2.24, 2.45) is 0 Å². The molecule has 0 spiro atoms. The summed E-state index contributed by atoms with van der Waals surface area (Å²) in [6.45, 7) is 9.07. The molecule has 2 aliphatic heterocycles. The Kier molecular flexibility index (Phi) is 6.32. The molecule has 0 radical (unpaired) electrons. The van der Waals surface area contributed by atoms with Crippen LogP contribution < -0.4 is 10.4 Å². The van der Waals surface area contributed by atoms with Crippen molar-refractivity contribution < 1.29 is 9.05 Å². The molecule has 2 aromatic rings. The molecule has 2 aliphatic carbocycles. The lowest BCUT2D eigenvalue weighted by molar-refractivity contribution is 0.0920. The molecule has 4 nitrogen and oxygen atoms in total. The SMILES string of the molecule is CC(C)N(N(C(C)C)[P+]1=c2ccccc2=C2CC=CC=C2O1)[P+]1=c2ccccc2=C2CC=CC=C2O1. The second kappa shape index (κ2) is 9.61. The number of hydrogen-bond donors (Lipinski definition) is 0. The van der Waals surface area contributed by atoms with Gasteiger partial charge in [-0.2, -0.15) is 0 Å². The first-order valence-corrected chi connectivity index (χ1v) is 15.2. The zero-order valence-electron chi connectivity index (χ0n) is 21.3. The number of nitrogens with zero attached hydrogens (tertiary/aromatic N) is 2. The lowest BCUT2D eigenvalue weighted by Gasteiger charge is -2.29. The highest BCUT2D eigenvalue weighted by Crippen LogP contribution is 2.52. The van der Waals surface area contributed by atoms with Gasteiger partial charge in [0.15, 0.2) is 11.5 Å². The van der Waals surface area contributed by atoms with Gasteiger partial charge in [-0.15, -0.1) is 0 Å². The molecular formula is C30H32N2O2P2+2. The van der Waals surface area contributed by atoms with Gasteiger partial charge in [0.1, 0.15) is 0 Å². The summed E-state index contributed by atoms with van der Waals surface area (Å²) in [6.07, 6.45) is 14.7. The van der Waals surface area contributed by atoms with Gasteiger partial charge in [-0.1, -0.05) is 48.6 Å². The van der Waals surface area contributed by atoms with Gasteiger partial charge in [0.25, 0.3) is 0 Å². The summed E-state index contributed by atoms with van der Waals surface area (Å²) in [7, 11) is -2.21. The first-order chi connectivity index (χ1) is 17.5. The fourth-order valence-electron chi connectivity index (χ4n) is 5.18. The van der Waals surface area contributed by atoms with E-state index in [0.717, 1.165) is 24.4 Å². The van der Waals surface area contributed by atoms with E-state index in [1.165, 1.54) is 31.5 Å². The van der Waals surface area contributed by atoms with Gasteiger partial charge in [0.05, 0.1) is 12.1 Å². The van der Waals surface area contributed by atoms with E-state index < -0.39 is 15.8 Å². The minimum absolute atomic E-state index is 0.219. The van der Waals surface area contributed by atoms with E-state index in [1.807, 2.05) is 0 Å². The summed E-state index contributed by atoms with van der Waals surface area (Å²) >= 11 is 0. The minimum atomic E-state index is -1.11. The maximum Gasteiger partial charge on any atom is 0.431 e. The Bertz CT molecular complexity index is 1490. The van der Waals surface area contributed by atoms with Gasteiger partial charge in [0.2, 0.25) is 9.88 Å². The molecule has 0 saturated heterocycles. The van der Waals surface area contributed by atoms with Crippen molar-refractivity contribution in [2.75, 3.05) is 0 Å². The Morgan fingerprint density at radius 1 is 0.639 bits per heavy atom. The van der Waals surface area contributed by atoms with Crippen LogP contribution in [0, 0.1) is 9.88 Å². The molecule has 2 atom stereocenters. The smallest absolute Gasteiger partial charge is 0.268 e. The number of allylic oxidation sites excluding steroid dienone is 8.